The zero-order valence-corrected chi connectivity index (χ0v) is 17.2. The van der Waals surface area contributed by atoms with E-state index in [1.165, 1.54) is 18.2 Å². The maximum absolute atomic E-state index is 14.0. The van der Waals surface area contributed by atoms with Crippen LogP contribution in [0.1, 0.15) is 21.5 Å². The van der Waals surface area contributed by atoms with Crippen molar-refractivity contribution in [2.45, 2.75) is 13.1 Å². The molecule has 0 spiro atoms. The van der Waals surface area contributed by atoms with Crippen LogP contribution >= 0.6 is 0 Å². The van der Waals surface area contributed by atoms with Gasteiger partial charge in [-0.15, -0.1) is 0 Å². The van der Waals surface area contributed by atoms with E-state index in [2.05, 4.69) is 15.1 Å². The van der Waals surface area contributed by atoms with Crippen LogP contribution in [-0.4, -0.2) is 37.0 Å². The molecule has 1 fully saturated rings. The van der Waals surface area contributed by atoms with E-state index in [-0.39, 0.29) is 17.5 Å². The van der Waals surface area contributed by atoms with E-state index in [1.807, 2.05) is 36.4 Å². The number of amides is 1. The Balaban J connectivity index is 1.26. The number of hydrogen-bond donors (Lipinski definition) is 1. The molecule has 1 aliphatic rings. The molecule has 31 heavy (non-hydrogen) atoms. The highest BCUT2D eigenvalue weighted by atomic mass is 19.1. The predicted octanol–water partition coefficient (Wildman–Crippen LogP) is 4.22. The van der Waals surface area contributed by atoms with Gasteiger partial charge in [-0.05, 0) is 47.5 Å². The first-order chi connectivity index (χ1) is 15.1. The summed E-state index contributed by atoms with van der Waals surface area (Å²) in [5, 5.41) is 2.85. The van der Waals surface area contributed by atoms with E-state index in [4.69, 9.17) is 0 Å². The second-order valence-electron chi connectivity index (χ2n) is 7.72. The van der Waals surface area contributed by atoms with Gasteiger partial charge in [0.05, 0.1) is 5.69 Å². The van der Waals surface area contributed by atoms with Gasteiger partial charge in [0.1, 0.15) is 11.6 Å². The number of halogens is 2. The van der Waals surface area contributed by atoms with Crippen molar-refractivity contribution in [2.24, 2.45) is 0 Å². The molecule has 4 rings (SSSR count). The minimum absolute atomic E-state index is 0.158. The van der Waals surface area contributed by atoms with Gasteiger partial charge in [0.25, 0.3) is 5.91 Å². The lowest BCUT2D eigenvalue weighted by atomic mass is 10.1. The lowest BCUT2D eigenvalue weighted by molar-refractivity contribution is 0.0951. The molecule has 0 aromatic heterocycles. The third-order valence-corrected chi connectivity index (χ3v) is 5.55. The largest absolute Gasteiger partial charge is 0.367 e. The van der Waals surface area contributed by atoms with Crippen molar-refractivity contribution in [1.82, 2.24) is 10.2 Å². The maximum Gasteiger partial charge on any atom is 0.251 e. The Labute approximate surface area is 181 Å². The smallest absolute Gasteiger partial charge is 0.251 e. The van der Waals surface area contributed by atoms with Gasteiger partial charge in [-0.2, -0.15) is 0 Å². The molecule has 160 valence electrons. The molecular weight excluding hydrogens is 396 g/mol. The quantitative estimate of drug-likeness (QED) is 0.648. The number of benzene rings is 3. The molecule has 0 unspecified atom stereocenters. The third-order valence-electron chi connectivity index (χ3n) is 5.55. The normalized spacial score (nSPS) is 14.5. The van der Waals surface area contributed by atoms with Crippen molar-refractivity contribution in [3.63, 3.8) is 0 Å². The highest BCUT2D eigenvalue weighted by molar-refractivity contribution is 5.94. The monoisotopic (exact) mass is 421 g/mol. The summed E-state index contributed by atoms with van der Waals surface area (Å²) in [6.45, 7) is 4.42. The molecule has 4 nitrogen and oxygen atoms in total. The van der Waals surface area contributed by atoms with Crippen molar-refractivity contribution in [3.05, 3.63) is 101 Å². The van der Waals surface area contributed by atoms with Crippen molar-refractivity contribution in [1.29, 1.82) is 0 Å². The highest BCUT2D eigenvalue weighted by Gasteiger charge is 2.19. The SMILES string of the molecule is O=C(NCc1ccc(F)cc1)c1ccc(CN2CCN(c3ccccc3F)CC2)cc1. The standard InChI is InChI=1S/C25H25F2N3O/c26-22-11-7-19(8-12-22)17-28-25(31)21-9-5-20(6-10-21)18-29-13-15-30(16-14-29)24-4-2-1-3-23(24)27/h1-12H,13-18H2,(H,28,31). The van der Waals surface area contributed by atoms with Gasteiger partial charge in [-0.1, -0.05) is 36.4 Å². The van der Waals surface area contributed by atoms with Gasteiger partial charge in [-0.25, -0.2) is 8.78 Å². The molecule has 0 bridgehead atoms. The van der Waals surface area contributed by atoms with Gasteiger partial charge in [-0.3, -0.25) is 9.69 Å². The number of nitrogens with one attached hydrogen (secondary N) is 1. The van der Waals surface area contributed by atoms with E-state index >= 15 is 0 Å². The van der Waals surface area contributed by atoms with Gasteiger partial charge in [0.15, 0.2) is 0 Å². The average Bonchev–Trinajstić information content (AvgIpc) is 2.80. The topological polar surface area (TPSA) is 35.6 Å². The summed E-state index contributed by atoms with van der Waals surface area (Å²) in [6, 6.07) is 20.6. The highest BCUT2D eigenvalue weighted by Crippen LogP contribution is 2.20. The lowest BCUT2D eigenvalue weighted by Crippen LogP contribution is -2.46. The molecule has 1 N–H and O–H groups in total. The number of nitrogens with zero attached hydrogens (tertiary/aromatic N) is 2. The van der Waals surface area contributed by atoms with Crippen LogP contribution in [0.5, 0.6) is 0 Å². The van der Waals surface area contributed by atoms with E-state index in [0.717, 1.165) is 43.9 Å². The Morgan fingerprint density at radius 2 is 1.45 bits per heavy atom. The Kier molecular flexibility index (Phi) is 6.57. The van der Waals surface area contributed by atoms with E-state index in [9.17, 15) is 13.6 Å². The second kappa shape index (κ2) is 9.71. The van der Waals surface area contributed by atoms with Crippen LogP contribution in [-0.2, 0) is 13.1 Å². The molecule has 1 saturated heterocycles. The molecule has 0 radical (unpaired) electrons. The van der Waals surface area contributed by atoms with Crippen molar-refractivity contribution < 1.29 is 13.6 Å². The van der Waals surface area contributed by atoms with Gasteiger partial charge >= 0.3 is 0 Å². The minimum atomic E-state index is -0.292. The molecule has 3 aromatic rings. The lowest BCUT2D eigenvalue weighted by Gasteiger charge is -2.36. The number of rotatable bonds is 6. The summed E-state index contributed by atoms with van der Waals surface area (Å²) in [6.07, 6.45) is 0. The Hall–Kier alpha value is -3.25. The van der Waals surface area contributed by atoms with Crippen molar-refractivity contribution in [2.75, 3.05) is 31.1 Å². The first-order valence-corrected chi connectivity index (χ1v) is 10.4. The summed E-state index contributed by atoms with van der Waals surface area (Å²) in [5.41, 5.74) is 3.24. The van der Waals surface area contributed by atoms with Crippen LogP contribution in [0.2, 0.25) is 0 Å². The summed E-state index contributed by atoms with van der Waals surface area (Å²) >= 11 is 0. The first kappa shape index (κ1) is 21.0. The van der Waals surface area contributed by atoms with Crippen LogP contribution in [0.3, 0.4) is 0 Å². The van der Waals surface area contributed by atoms with E-state index in [0.29, 0.717) is 17.8 Å². The molecule has 1 heterocycles. The van der Waals surface area contributed by atoms with Crippen LogP contribution in [0, 0.1) is 11.6 Å². The Morgan fingerprint density at radius 1 is 0.806 bits per heavy atom. The fourth-order valence-electron chi connectivity index (χ4n) is 3.76. The van der Waals surface area contributed by atoms with Gasteiger partial charge in [0.2, 0.25) is 0 Å². The van der Waals surface area contributed by atoms with E-state index in [1.54, 1.807) is 18.2 Å². The molecular formula is C25H25F2N3O. The van der Waals surface area contributed by atoms with Crippen LogP contribution in [0.15, 0.2) is 72.8 Å². The zero-order chi connectivity index (χ0) is 21.6. The average molecular weight is 421 g/mol. The molecule has 6 heteroatoms. The third kappa shape index (κ3) is 5.47. The number of hydrogen-bond acceptors (Lipinski definition) is 3. The molecule has 3 aromatic carbocycles. The molecule has 0 saturated carbocycles. The number of carbonyl (C=O) groups excluding carboxylic acids is 1. The molecule has 0 atom stereocenters. The van der Waals surface area contributed by atoms with Gasteiger partial charge in [0, 0.05) is 44.8 Å². The number of piperazine rings is 1. The number of anilines is 1. The Bertz CT molecular complexity index is 1010. The minimum Gasteiger partial charge on any atom is -0.367 e. The predicted molar refractivity (Wildman–Crippen MR) is 118 cm³/mol. The second-order valence-corrected chi connectivity index (χ2v) is 7.72. The summed E-state index contributed by atoms with van der Waals surface area (Å²) in [4.78, 5) is 16.8. The fourth-order valence-corrected chi connectivity index (χ4v) is 3.76. The summed E-state index contributed by atoms with van der Waals surface area (Å²) in [7, 11) is 0. The molecule has 1 aliphatic heterocycles. The van der Waals surface area contributed by atoms with Gasteiger partial charge < -0.3 is 10.2 Å². The number of para-hydroxylation sites is 1. The molecule has 0 aliphatic carbocycles. The summed E-state index contributed by atoms with van der Waals surface area (Å²) < 4.78 is 26.9. The van der Waals surface area contributed by atoms with Crippen LogP contribution < -0.4 is 10.2 Å². The number of carbonyl (C=O) groups is 1. The zero-order valence-electron chi connectivity index (χ0n) is 17.2. The Morgan fingerprint density at radius 3 is 2.13 bits per heavy atom. The fraction of sp³-hybridized carbons (Fsp3) is 0.240. The summed E-state index contributed by atoms with van der Waals surface area (Å²) in [5.74, 6) is -0.627. The van der Waals surface area contributed by atoms with E-state index < -0.39 is 0 Å². The van der Waals surface area contributed by atoms with Crippen molar-refractivity contribution in [3.8, 4) is 0 Å². The van der Waals surface area contributed by atoms with Crippen LogP contribution in [0.4, 0.5) is 14.5 Å². The molecule has 1 amide bonds. The first-order valence-electron chi connectivity index (χ1n) is 10.4. The van der Waals surface area contributed by atoms with Crippen molar-refractivity contribution >= 4 is 11.6 Å². The maximum atomic E-state index is 14.0. The van der Waals surface area contributed by atoms with Crippen LogP contribution in [0.25, 0.3) is 0 Å².